The molecule has 16 rings (SSSR count). The van der Waals surface area contributed by atoms with Crippen molar-refractivity contribution in [2.75, 3.05) is 0 Å². The summed E-state index contributed by atoms with van der Waals surface area (Å²) in [5.74, 6) is 4.69. The number of fused-ring (bicyclic) bond motifs is 9. The molecule has 5 nitrogen and oxygen atoms in total. The summed E-state index contributed by atoms with van der Waals surface area (Å²) in [5.41, 5.74) is 14.6. The molecule has 66 heavy (non-hydrogen) atoms. The predicted molar refractivity (Wildman–Crippen MR) is 268 cm³/mol. The molecule has 0 unspecified atom stereocenters. The maximum Gasteiger partial charge on any atom is 0.182 e. The normalized spacial score (nSPS) is 21.4. The Morgan fingerprint density at radius 3 is 1.95 bits per heavy atom. The van der Waals surface area contributed by atoms with Gasteiger partial charge >= 0.3 is 0 Å². The van der Waals surface area contributed by atoms with Crippen LogP contribution in [0.4, 0.5) is 0 Å². The van der Waals surface area contributed by atoms with E-state index in [1.807, 2.05) is 47.7 Å². The van der Waals surface area contributed by atoms with Crippen molar-refractivity contribution in [2.45, 2.75) is 37.5 Å². The molecule has 4 saturated carbocycles. The van der Waals surface area contributed by atoms with Crippen molar-refractivity contribution in [3.05, 3.63) is 181 Å². The van der Waals surface area contributed by atoms with E-state index < -0.39 is 0 Å². The van der Waals surface area contributed by atoms with E-state index in [-0.39, 0.29) is 5.41 Å². The molecule has 4 bridgehead atoms. The molecular formula is C60H42N4OS. The molecule has 4 heterocycles. The molecule has 4 aromatic heterocycles. The number of thiophene rings is 1. The lowest BCUT2D eigenvalue weighted by Crippen LogP contribution is -2.55. The van der Waals surface area contributed by atoms with Gasteiger partial charge in [0.15, 0.2) is 17.5 Å². The first-order valence-corrected chi connectivity index (χ1v) is 24.4. The first-order chi connectivity index (χ1) is 32.6. The van der Waals surface area contributed by atoms with Gasteiger partial charge in [-0.1, -0.05) is 115 Å². The first kappa shape index (κ1) is 37.0. The molecular weight excluding hydrogens is 825 g/mol. The van der Waals surface area contributed by atoms with E-state index in [1.165, 1.54) is 85.7 Å². The lowest BCUT2D eigenvalue weighted by molar-refractivity contribution is -0.0399. The molecule has 0 N–H and O–H groups in total. The zero-order valence-corrected chi connectivity index (χ0v) is 36.9. The Hall–Kier alpha value is -7.28. The maximum atomic E-state index is 6.34. The Bertz CT molecular complexity index is 3780. The van der Waals surface area contributed by atoms with Crippen molar-refractivity contribution in [3.8, 4) is 67.8 Å². The van der Waals surface area contributed by atoms with Crippen molar-refractivity contribution in [3.63, 3.8) is 0 Å². The van der Waals surface area contributed by atoms with E-state index in [0.29, 0.717) is 35.0 Å². The fourth-order valence-electron chi connectivity index (χ4n) is 13.6. The molecule has 1 spiro atoms. The van der Waals surface area contributed by atoms with E-state index in [0.717, 1.165) is 50.6 Å². The Balaban J connectivity index is 0.960. The summed E-state index contributed by atoms with van der Waals surface area (Å²) in [6.07, 6.45) is 6.73. The van der Waals surface area contributed by atoms with E-state index in [9.17, 15) is 0 Å². The minimum Gasteiger partial charge on any atom is -0.456 e. The van der Waals surface area contributed by atoms with Crippen molar-refractivity contribution in [1.82, 2.24) is 19.9 Å². The number of rotatable bonds is 5. The zero-order chi connectivity index (χ0) is 43.1. The first-order valence-electron chi connectivity index (χ1n) is 23.5. The van der Waals surface area contributed by atoms with Crippen LogP contribution in [0.25, 0.3) is 110 Å². The number of furan rings is 1. The van der Waals surface area contributed by atoms with Gasteiger partial charge in [0.05, 0.1) is 5.69 Å². The van der Waals surface area contributed by atoms with Crippen molar-refractivity contribution in [1.29, 1.82) is 0 Å². The van der Waals surface area contributed by atoms with E-state index in [1.54, 1.807) is 5.56 Å². The highest BCUT2D eigenvalue weighted by molar-refractivity contribution is 7.25. The van der Waals surface area contributed by atoms with Crippen LogP contribution in [0, 0.1) is 23.7 Å². The smallest absolute Gasteiger partial charge is 0.182 e. The van der Waals surface area contributed by atoms with Crippen LogP contribution in [0.3, 0.4) is 0 Å². The molecule has 11 aromatic rings. The highest BCUT2D eigenvalue weighted by Crippen LogP contribution is 2.70. The number of aromatic nitrogens is 4. The number of pyridine rings is 1. The second-order valence-electron chi connectivity index (χ2n) is 19.3. The molecule has 5 aliphatic carbocycles. The van der Waals surface area contributed by atoms with Crippen LogP contribution in [-0.2, 0) is 5.41 Å². The van der Waals surface area contributed by atoms with Crippen molar-refractivity contribution >= 4 is 53.4 Å². The standard InChI is InChI=1S/C60H42N4OS/c1-2-12-36(13-3-1)57-62-58(37-24-25-43-42-14-5-8-21-51(42)65-52(43)33-37)64-59(63-57)50-20-11-19-49(61-50)46-31-38(41-17-10-23-54-56(41)45-16-6-9-22-53(45)66-54)32-48-55(46)44-15-4-7-18-47(44)60(48)39-27-34-26-35(29-39)30-40(60)28-34/h1-25,31-35,39-40H,26-30H2. The average Bonchev–Trinajstić information content (AvgIpc) is 4.03. The van der Waals surface area contributed by atoms with Gasteiger partial charge in [-0.2, -0.15) is 0 Å². The van der Waals surface area contributed by atoms with Gasteiger partial charge in [0.1, 0.15) is 16.9 Å². The Morgan fingerprint density at radius 1 is 0.424 bits per heavy atom. The summed E-state index contributed by atoms with van der Waals surface area (Å²) in [4.78, 5) is 21.1. The fourth-order valence-corrected chi connectivity index (χ4v) is 14.7. The number of hydrogen-bond donors (Lipinski definition) is 0. The summed E-state index contributed by atoms with van der Waals surface area (Å²) >= 11 is 1.89. The van der Waals surface area contributed by atoms with E-state index in [4.69, 9.17) is 24.4 Å². The molecule has 0 radical (unpaired) electrons. The summed E-state index contributed by atoms with van der Waals surface area (Å²) in [6.45, 7) is 0. The fraction of sp³-hybridized carbons (Fsp3) is 0.167. The minimum atomic E-state index is -0.0129. The molecule has 6 heteroatoms. The summed E-state index contributed by atoms with van der Waals surface area (Å²) in [6, 6.07) is 61.3. The molecule has 5 aliphatic rings. The van der Waals surface area contributed by atoms with Crippen LogP contribution in [0.5, 0.6) is 0 Å². The molecule has 0 aliphatic heterocycles. The Morgan fingerprint density at radius 2 is 1.09 bits per heavy atom. The largest absolute Gasteiger partial charge is 0.456 e. The lowest BCUT2D eigenvalue weighted by atomic mass is 9.43. The molecule has 7 aromatic carbocycles. The summed E-state index contributed by atoms with van der Waals surface area (Å²) in [5, 5.41) is 4.82. The highest BCUT2D eigenvalue weighted by Gasteiger charge is 2.62. The number of nitrogens with zero attached hydrogens (tertiary/aromatic N) is 4. The maximum absolute atomic E-state index is 6.34. The van der Waals surface area contributed by atoms with Crippen LogP contribution in [-0.4, -0.2) is 19.9 Å². The zero-order valence-electron chi connectivity index (χ0n) is 36.1. The van der Waals surface area contributed by atoms with Gasteiger partial charge in [0.25, 0.3) is 0 Å². The van der Waals surface area contributed by atoms with Crippen LogP contribution in [0.2, 0.25) is 0 Å². The van der Waals surface area contributed by atoms with Crippen LogP contribution < -0.4 is 0 Å². The third-order valence-electron chi connectivity index (χ3n) is 15.9. The summed E-state index contributed by atoms with van der Waals surface area (Å²) < 4.78 is 8.99. The van der Waals surface area contributed by atoms with Gasteiger partial charge in [-0.25, -0.2) is 19.9 Å². The second-order valence-corrected chi connectivity index (χ2v) is 20.4. The SMILES string of the molecule is c1ccc(-c2nc(-c3ccc4c(c3)oc3ccccc34)nc(-c3cccc(-c4cc(-c5cccc6sc7ccccc7c56)cc5c4-c4ccccc4C54C5CC6CC(C5)CC4C6)n3)n2)cc1. The molecule has 4 fully saturated rings. The summed E-state index contributed by atoms with van der Waals surface area (Å²) in [7, 11) is 0. The van der Waals surface area contributed by atoms with Gasteiger partial charge in [-0.05, 0) is 144 Å². The molecule has 314 valence electrons. The van der Waals surface area contributed by atoms with Crippen molar-refractivity contribution in [2.24, 2.45) is 23.7 Å². The molecule has 0 atom stereocenters. The molecule has 0 saturated heterocycles. The van der Waals surface area contributed by atoms with Crippen molar-refractivity contribution < 1.29 is 4.42 Å². The second kappa shape index (κ2) is 13.9. The molecule has 0 amide bonds. The van der Waals surface area contributed by atoms with Gasteiger partial charge in [0, 0.05) is 53.1 Å². The van der Waals surface area contributed by atoms with Crippen LogP contribution in [0.15, 0.2) is 174 Å². The van der Waals surface area contributed by atoms with Gasteiger partial charge in [-0.3, -0.25) is 0 Å². The van der Waals surface area contributed by atoms with E-state index >= 15 is 0 Å². The van der Waals surface area contributed by atoms with Gasteiger partial charge in [0.2, 0.25) is 0 Å². The predicted octanol–water partition coefficient (Wildman–Crippen LogP) is 15.6. The topological polar surface area (TPSA) is 64.7 Å². The highest BCUT2D eigenvalue weighted by atomic mass is 32.1. The number of hydrogen-bond acceptors (Lipinski definition) is 6. The Labute approximate surface area is 385 Å². The third-order valence-corrected chi connectivity index (χ3v) is 17.1. The third kappa shape index (κ3) is 5.27. The minimum absolute atomic E-state index is 0.0129. The van der Waals surface area contributed by atoms with Gasteiger partial charge < -0.3 is 4.42 Å². The number of benzene rings is 7. The average molecular weight is 867 g/mol. The van der Waals surface area contributed by atoms with Crippen LogP contribution >= 0.6 is 11.3 Å². The van der Waals surface area contributed by atoms with Gasteiger partial charge in [-0.15, -0.1) is 11.3 Å². The monoisotopic (exact) mass is 866 g/mol. The van der Waals surface area contributed by atoms with Crippen LogP contribution in [0.1, 0.15) is 43.2 Å². The van der Waals surface area contributed by atoms with E-state index in [2.05, 4.69) is 133 Å². The number of para-hydroxylation sites is 1. The Kier molecular flexibility index (Phi) is 7.77. The lowest BCUT2D eigenvalue weighted by Gasteiger charge is -2.61. The quantitative estimate of drug-likeness (QED) is 0.172.